The monoisotopic (exact) mass is 421 g/mol. The van der Waals surface area contributed by atoms with Crippen LogP contribution < -0.4 is 0 Å². The van der Waals surface area contributed by atoms with Gasteiger partial charge in [0.1, 0.15) is 0 Å². The SMILES string of the molecule is CC1=CCC(c2cnn(C)c2-c2ccc(C(C)(F)F)cc2)=C2C(N3CCC3)=NC=CN12. The van der Waals surface area contributed by atoms with Crippen LogP contribution in [-0.4, -0.2) is 38.5 Å². The Morgan fingerprint density at radius 2 is 1.84 bits per heavy atom. The molecule has 0 atom stereocenters. The first-order valence-electron chi connectivity index (χ1n) is 10.5. The molecule has 1 fully saturated rings. The van der Waals surface area contributed by atoms with Crippen molar-refractivity contribution in [3.05, 3.63) is 71.5 Å². The second-order valence-electron chi connectivity index (χ2n) is 8.33. The van der Waals surface area contributed by atoms with Gasteiger partial charge >= 0.3 is 0 Å². The third kappa shape index (κ3) is 3.28. The highest BCUT2D eigenvalue weighted by molar-refractivity contribution is 6.07. The number of aromatic nitrogens is 2. The smallest absolute Gasteiger partial charge is 0.270 e. The second-order valence-corrected chi connectivity index (χ2v) is 8.33. The quantitative estimate of drug-likeness (QED) is 0.691. The van der Waals surface area contributed by atoms with Gasteiger partial charge in [0.15, 0.2) is 5.84 Å². The molecule has 1 saturated heterocycles. The van der Waals surface area contributed by atoms with Crippen LogP contribution in [-0.2, 0) is 13.0 Å². The van der Waals surface area contributed by atoms with Crippen molar-refractivity contribution in [2.24, 2.45) is 12.0 Å². The van der Waals surface area contributed by atoms with Gasteiger partial charge in [0.25, 0.3) is 5.92 Å². The van der Waals surface area contributed by atoms with E-state index in [0.29, 0.717) is 0 Å². The van der Waals surface area contributed by atoms with Gasteiger partial charge in [-0.3, -0.25) is 4.68 Å². The van der Waals surface area contributed by atoms with Crippen molar-refractivity contribution in [2.75, 3.05) is 13.1 Å². The Balaban J connectivity index is 1.64. The van der Waals surface area contributed by atoms with Crippen molar-refractivity contribution >= 4 is 11.4 Å². The molecule has 2 aromatic rings. The van der Waals surface area contributed by atoms with Gasteiger partial charge in [-0.25, -0.2) is 13.8 Å². The van der Waals surface area contributed by atoms with E-state index < -0.39 is 5.92 Å². The van der Waals surface area contributed by atoms with Crippen molar-refractivity contribution in [1.29, 1.82) is 0 Å². The lowest BCUT2D eigenvalue weighted by Gasteiger charge is -2.41. The highest BCUT2D eigenvalue weighted by Crippen LogP contribution is 2.40. The van der Waals surface area contributed by atoms with E-state index in [4.69, 9.17) is 4.99 Å². The number of likely N-dealkylation sites (tertiary alicyclic amines) is 1. The molecular formula is C24H25F2N5. The number of rotatable bonds is 3. The van der Waals surface area contributed by atoms with Crippen LogP contribution in [0.4, 0.5) is 8.78 Å². The maximum absolute atomic E-state index is 13.7. The molecule has 3 aliphatic heterocycles. The van der Waals surface area contributed by atoms with Crippen LogP contribution in [0.5, 0.6) is 0 Å². The molecule has 0 aliphatic carbocycles. The van der Waals surface area contributed by atoms with E-state index in [1.54, 1.807) is 12.1 Å². The molecule has 0 bridgehead atoms. The Morgan fingerprint density at radius 1 is 1.10 bits per heavy atom. The Morgan fingerprint density at radius 3 is 2.48 bits per heavy atom. The Kier molecular flexibility index (Phi) is 4.57. The van der Waals surface area contributed by atoms with Crippen LogP contribution in [0, 0.1) is 0 Å². The molecule has 4 heterocycles. The molecule has 31 heavy (non-hydrogen) atoms. The lowest BCUT2D eigenvalue weighted by atomic mass is 9.92. The van der Waals surface area contributed by atoms with E-state index in [0.717, 1.165) is 60.4 Å². The van der Waals surface area contributed by atoms with Crippen LogP contribution in [0.2, 0.25) is 0 Å². The van der Waals surface area contributed by atoms with E-state index in [1.807, 2.05) is 30.3 Å². The average molecular weight is 421 g/mol. The van der Waals surface area contributed by atoms with Crippen LogP contribution in [0.1, 0.15) is 37.8 Å². The van der Waals surface area contributed by atoms with Crippen LogP contribution in [0.3, 0.4) is 0 Å². The number of aryl methyl sites for hydroxylation is 1. The minimum atomic E-state index is -2.86. The van der Waals surface area contributed by atoms with Gasteiger partial charge in [-0.2, -0.15) is 5.10 Å². The van der Waals surface area contributed by atoms with E-state index in [2.05, 4.69) is 27.9 Å². The van der Waals surface area contributed by atoms with Crippen LogP contribution in [0.15, 0.2) is 65.3 Å². The first-order chi connectivity index (χ1) is 14.8. The summed E-state index contributed by atoms with van der Waals surface area (Å²) >= 11 is 0. The summed E-state index contributed by atoms with van der Waals surface area (Å²) in [4.78, 5) is 9.21. The molecule has 1 aromatic heterocycles. The molecule has 0 radical (unpaired) electrons. The van der Waals surface area contributed by atoms with E-state index in [-0.39, 0.29) is 5.56 Å². The number of amidine groups is 1. The van der Waals surface area contributed by atoms with Gasteiger partial charge in [-0.15, -0.1) is 0 Å². The summed E-state index contributed by atoms with van der Waals surface area (Å²) in [5.41, 5.74) is 6.20. The lowest BCUT2D eigenvalue weighted by Crippen LogP contribution is -2.46. The summed E-state index contributed by atoms with van der Waals surface area (Å²) in [5.74, 6) is -1.87. The minimum absolute atomic E-state index is 0.00835. The van der Waals surface area contributed by atoms with E-state index >= 15 is 0 Å². The maximum atomic E-state index is 13.7. The van der Waals surface area contributed by atoms with Gasteiger partial charge in [0.2, 0.25) is 0 Å². The number of allylic oxidation sites excluding steroid dienone is 3. The fourth-order valence-corrected chi connectivity index (χ4v) is 4.35. The predicted molar refractivity (Wildman–Crippen MR) is 118 cm³/mol. The normalized spacial score (nSPS) is 18.6. The molecule has 5 rings (SSSR count). The Bertz CT molecular complexity index is 1140. The molecule has 0 spiro atoms. The topological polar surface area (TPSA) is 36.7 Å². The number of aliphatic imine (C=N–C) groups is 1. The highest BCUT2D eigenvalue weighted by atomic mass is 19.3. The number of hydrogen-bond donors (Lipinski definition) is 0. The third-order valence-electron chi connectivity index (χ3n) is 6.22. The molecule has 160 valence electrons. The minimum Gasteiger partial charge on any atom is -0.355 e. The van der Waals surface area contributed by atoms with Gasteiger partial charge in [0, 0.05) is 61.8 Å². The predicted octanol–water partition coefficient (Wildman–Crippen LogP) is 5.11. The highest BCUT2D eigenvalue weighted by Gasteiger charge is 2.33. The molecular weight excluding hydrogens is 396 g/mol. The summed E-state index contributed by atoms with van der Waals surface area (Å²) < 4.78 is 29.2. The first-order valence-corrected chi connectivity index (χ1v) is 10.5. The standard InChI is InChI=1S/C24H25F2N5/c1-16-5-10-19(22-23(30-12-4-13-30)27-11-14-31(16)22)20-15-28-29(3)21(20)17-6-8-18(9-7-17)24(2,25)26/h5-9,11,14-15H,4,10,12-13H2,1-3H3. The number of benzene rings is 1. The molecule has 3 aliphatic rings. The van der Waals surface area contributed by atoms with Crippen molar-refractivity contribution in [3.63, 3.8) is 0 Å². The van der Waals surface area contributed by atoms with E-state index in [9.17, 15) is 8.78 Å². The Labute approximate surface area is 180 Å². The summed E-state index contributed by atoms with van der Waals surface area (Å²) in [7, 11) is 1.89. The van der Waals surface area contributed by atoms with Gasteiger partial charge in [-0.05, 0) is 25.3 Å². The lowest BCUT2D eigenvalue weighted by molar-refractivity contribution is 0.0175. The van der Waals surface area contributed by atoms with Crippen LogP contribution >= 0.6 is 0 Å². The molecule has 0 unspecified atom stereocenters. The number of fused-ring (bicyclic) bond motifs is 1. The van der Waals surface area contributed by atoms with Crippen molar-refractivity contribution < 1.29 is 8.78 Å². The molecule has 0 amide bonds. The summed E-state index contributed by atoms with van der Waals surface area (Å²) in [6, 6.07) is 6.51. The molecule has 0 N–H and O–H groups in total. The first kappa shape index (κ1) is 19.7. The summed E-state index contributed by atoms with van der Waals surface area (Å²) in [6.07, 6.45) is 9.87. The largest absolute Gasteiger partial charge is 0.355 e. The summed E-state index contributed by atoms with van der Waals surface area (Å²) in [5, 5.41) is 4.52. The summed E-state index contributed by atoms with van der Waals surface area (Å²) in [6.45, 7) is 5.04. The van der Waals surface area contributed by atoms with Gasteiger partial charge in [0.05, 0.1) is 17.6 Å². The number of nitrogens with zero attached hydrogens (tertiary/aromatic N) is 5. The molecule has 5 nitrogen and oxygen atoms in total. The van der Waals surface area contributed by atoms with E-state index in [1.165, 1.54) is 24.3 Å². The Hall–Kier alpha value is -3.22. The average Bonchev–Trinajstić information content (AvgIpc) is 3.08. The van der Waals surface area contributed by atoms with Gasteiger partial charge < -0.3 is 9.80 Å². The second kappa shape index (κ2) is 7.18. The van der Waals surface area contributed by atoms with Crippen LogP contribution in [0.25, 0.3) is 16.8 Å². The fourth-order valence-electron chi connectivity index (χ4n) is 4.35. The zero-order chi connectivity index (χ0) is 21.8. The zero-order valence-corrected chi connectivity index (χ0v) is 17.9. The van der Waals surface area contributed by atoms with Gasteiger partial charge in [-0.1, -0.05) is 30.3 Å². The molecule has 0 saturated carbocycles. The number of hydrogen-bond acceptors (Lipinski definition) is 4. The zero-order valence-electron chi connectivity index (χ0n) is 17.9. The number of alkyl halides is 2. The van der Waals surface area contributed by atoms with Crippen molar-refractivity contribution in [1.82, 2.24) is 19.6 Å². The van der Waals surface area contributed by atoms with Crippen molar-refractivity contribution in [3.8, 4) is 11.3 Å². The fraction of sp³-hybridized carbons (Fsp3) is 0.333. The number of halogens is 2. The molecule has 1 aromatic carbocycles. The van der Waals surface area contributed by atoms with Crippen molar-refractivity contribution in [2.45, 2.75) is 32.6 Å². The molecule has 7 heteroatoms. The maximum Gasteiger partial charge on any atom is 0.270 e. The third-order valence-corrected chi connectivity index (χ3v) is 6.22.